The molecule has 0 unspecified atom stereocenters. The first-order valence-corrected chi connectivity index (χ1v) is 21.4. The van der Waals surface area contributed by atoms with E-state index in [1.807, 2.05) is 0 Å². The summed E-state index contributed by atoms with van der Waals surface area (Å²) in [6, 6.07) is 25.6. The highest BCUT2D eigenvalue weighted by Gasteiger charge is 2.53. The number of amides is 1. The number of nitrogens with zero attached hydrogens (tertiary/aromatic N) is 3. The van der Waals surface area contributed by atoms with Crippen LogP contribution in [-0.2, 0) is 21.3 Å². The number of nitrogens with one attached hydrogen (secondary N) is 2. The molecule has 0 saturated carbocycles. The van der Waals surface area contributed by atoms with Crippen molar-refractivity contribution >= 4 is 34.9 Å². The summed E-state index contributed by atoms with van der Waals surface area (Å²) in [5.74, 6) is 5.26. The summed E-state index contributed by atoms with van der Waals surface area (Å²) in [6.45, 7) is 4.09. The fraction of sp³-hybridized carbons (Fsp3) is 0.306. The molecule has 0 bridgehead atoms. The Morgan fingerprint density at radius 2 is 1.37 bits per heavy atom. The number of phenolic OH excluding ortho intramolecular Hbond substituents is 2. The second-order valence-electron chi connectivity index (χ2n) is 15.6. The third-order valence-corrected chi connectivity index (χ3v) is 10.9. The minimum absolute atomic E-state index is 0.00558. The van der Waals surface area contributed by atoms with Crippen molar-refractivity contribution in [3.05, 3.63) is 142 Å². The molecule has 2 heterocycles. The fourth-order valence-corrected chi connectivity index (χ4v) is 7.64. The zero-order chi connectivity index (χ0) is 46.6. The number of hydrazone groups is 1. The number of azo groups is 1. The molecule has 0 fully saturated rings. The molecule has 1 spiro atoms. The van der Waals surface area contributed by atoms with Gasteiger partial charge in [-0.1, -0.05) is 82.6 Å². The molecular formula is C49H51F3N6O7. The van der Waals surface area contributed by atoms with Crippen molar-refractivity contribution in [1.29, 1.82) is 0 Å². The standard InChI is InChI=1S/C27H37F3N6O.C22H14O6/c1-2-3-4-5-6-7-8-9-12-19-32-25(37)20-33-36-26(35-31)23-13-10-11-14-24(23)34-22-17-15-21(16-18-22)27(28,29)30;1-11(23)12-2-5-16-15(8-12)21(26)28-22(16)17-6-3-13(24)9-19(17)27-20-10-14(25)4-7-18(20)22/h10-11,13-18,34H,2-9,12,19-20,31H2,1H3,(H,32,37);2-10,24-25H,1H3/b35-26-,36-33?;. The number of esters is 1. The molecule has 7 rings (SSSR count). The van der Waals surface area contributed by atoms with Crippen LogP contribution in [0.1, 0.15) is 120 Å². The molecule has 0 atom stereocenters. The number of fused-ring (bicyclic) bond motifs is 6. The Bertz CT molecular complexity index is 2510. The topological polar surface area (TPSA) is 197 Å². The first-order chi connectivity index (χ1) is 31.2. The van der Waals surface area contributed by atoms with Gasteiger partial charge >= 0.3 is 12.1 Å². The maximum atomic E-state index is 12.8. The van der Waals surface area contributed by atoms with Crippen molar-refractivity contribution in [2.45, 2.75) is 83.4 Å². The van der Waals surface area contributed by atoms with Crippen LogP contribution in [0, 0.1) is 0 Å². The van der Waals surface area contributed by atoms with Gasteiger partial charge in [0.2, 0.25) is 11.7 Å². The highest BCUT2D eigenvalue weighted by atomic mass is 19.4. The Hall–Kier alpha value is -7.23. The number of hydrogen-bond acceptors (Lipinski definition) is 11. The van der Waals surface area contributed by atoms with Gasteiger partial charge in [0.25, 0.3) is 0 Å². The smallest absolute Gasteiger partial charge is 0.416 e. The van der Waals surface area contributed by atoms with Gasteiger partial charge in [-0.3, -0.25) is 9.59 Å². The van der Waals surface area contributed by atoms with Gasteiger partial charge in [0.15, 0.2) is 11.4 Å². The zero-order valence-corrected chi connectivity index (χ0v) is 36.1. The predicted molar refractivity (Wildman–Crippen MR) is 240 cm³/mol. The molecule has 1 amide bonds. The number of hydrogen-bond donors (Lipinski definition) is 5. The largest absolute Gasteiger partial charge is 0.508 e. The lowest BCUT2D eigenvalue weighted by Crippen LogP contribution is -2.32. The van der Waals surface area contributed by atoms with Gasteiger partial charge in [-0.2, -0.15) is 23.4 Å². The predicted octanol–water partition coefficient (Wildman–Crippen LogP) is 11.0. The summed E-state index contributed by atoms with van der Waals surface area (Å²) in [5, 5.41) is 37.2. The normalized spacial score (nSPS) is 13.5. The molecule has 16 heteroatoms. The minimum Gasteiger partial charge on any atom is -0.508 e. The van der Waals surface area contributed by atoms with E-state index in [2.05, 4.69) is 32.9 Å². The quantitative estimate of drug-likeness (QED) is 0.00935. The van der Waals surface area contributed by atoms with Crippen LogP contribution in [0.25, 0.3) is 0 Å². The molecular weight excluding hydrogens is 842 g/mol. The molecule has 6 N–H and O–H groups in total. The van der Waals surface area contributed by atoms with E-state index in [-0.39, 0.29) is 35.6 Å². The maximum absolute atomic E-state index is 12.8. The number of ether oxygens (including phenoxy) is 2. The number of aromatic hydroxyl groups is 2. The van der Waals surface area contributed by atoms with Crippen LogP contribution in [0.4, 0.5) is 24.5 Å². The van der Waals surface area contributed by atoms with Crippen LogP contribution in [0.2, 0.25) is 0 Å². The average Bonchev–Trinajstić information content (AvgIpc) is 3.57. The van der Waals surface area contributed by atoms with Gasteiger partial charge in [0.05, 0.1) is 11.1 Å². The van der Waals surface area contributed by atoms with E-state index in [0.717, 1.165) is 25.0 Å². The maximum Gasteiger partial charge on any atom is 0.416 e. The summed E-state index contributed by atoms with van der Waals surface area (Å²) in [7, 11) is 0. The Morgan fingerprint density at radius 1 is 0.769 bits per heavy atom. The SMILES string of the molecule is CC(=O)c1ccc2c(c1)C(=O)OC21c2ccc(O)cc2Oc2cc(O)ccc21.CCCCCCCCCCCNC(=O)CN=N/C(=N\N)c1ccccc1Nc1ccc(C(F)(F)F)cc1. The second-order valence-corrected chi connectivity index (χ2v) is 15.6. The lowest BCUT2D eigenvalue weighted by Gasteiger charge is -2.36. The number of benzene rings is 5. The van der Waals surface area contributed by atoms with Crippen LogP contribution < -0.4 is 21.2 Å². The van der Waals surface area contributed by atoms with E-state index < -0.39 is 23.3 Å². The third kappa shape index (κ3) is 11.5. The van der Waals surface area contributed by atoms with Crippen molar-refractivity contribution in [2.24, 2.45) is 21.2 Å². The molecule has 2 aliphatic heterocycles. The number of halogens is 3. The van der Waals surface area contributed by atoms with Gasteiger partial charge in [0.1, 0.15) is 29.5 Å². The fourth-order valence-electron chi connectivity index (χ4n) is 7.64. The number of alkyl halides is 3. The monoisotopic (exact) mass is 892 g/mol. The molecule has 2 aliphatic rings. The summed E-state index contributed by atoms with van der Waals surface area (Å²) in [6.07, 6.45) is 6.50. The lowest BCUT2D eigenvalue weighted by atomic mass is 9.77. The van der Waals surface area contributed by atoms with Crippen molar-refractivity contribution < 1.29 is 47.2 Å². The van der Waals surface area contributed by atoms with Gasteiger partial charge < -0.3 is 36.2 Å². The van der Waals surface area contributed by atoms with Crippen molar-refractivity contribution in [1.82, 2.24) is 5.32 Å². The number of ketones is 1. The molecule has 340 valence electrons. The Balaban J connectivity index is 0.000000222. The molecule has 0 radical (unpaired) electrons. The molecule has 0 aromatic heterocycles. The highest BCUT2D eigenvalue weighted by molar-refractivity contribution is 6.04. The molecule has 0 saturated heterocycles. The number of amidine groups is 1. The molecule has 65 heavy (non-hydrogen) atoms. The van der Waals surface area contributed by atoms with Gasteiger partial charge in [-0.05, 0) is 80.1 Å². The third-order valence-electron chi connectivity index (χ3n) is 10.9. The number of nitrogens with two attached hydrogens (primary N) is 1. The van der Waals surface area contributed by atoms with E-state index in [4.69, 9.17) is 15.3 Å². The van der Waals surface area contributed by atoms with Crippen molar-refractivity contribution in [3.63, 3.8) is 0 Å². The number of Topliss-reactive ketones (excluding diaryl/α,β-unsaturated/α-hetero) is 1. The summed E-state index contributed by atoms with van der Waals surface area (Å²) < 4.78 is 50.2. The van der Waals surface area contributed by atoms with E-state index in [9.17, 15) is 37.8 Å². The Morgan fingerprint density at radius 3 is 1.97 bits per heavy atom. The van der Waals surface area contributed by atoms with Crippen LogP contribution in [0.3, 0.4) is 0 Å². The molecule has 0 aliphatic carbocycles. The van der Waals surface area contributed by atoms with Gasteiger partial charge in [-0.15, -0.1) is 5.11 Å². The van der Waals surface area contributed by atoms with Gasteiger partial charge in [-0.25, -0.2) is 4.79 Å². The average molecular weight is 893 g/mol. The first-order valence-electron chi connectivity index (χ1n) is 21.4. The first kappa shape index (κ1) is 47.3. The minimum atomic E-state index is -4.41. The second kappa shape index (κ2) is 21.4. The van der Waals surface area contributed by atoms with Crippen molar-refractivity contribution in [3.8, 4) is 23.0 Å². The molecule has 5 aromatic rings. The van der Waals surface area contributed by atoms with E-state index in [0.29, 0.717) is 62.8 Å². The Kier molecular flexibility index (Phi) is 15.6. The number of rotatable bonds is 16. The zero-order valence-electron chi connectivity index (χ0n) is 36.1. The van der Waals surface area contributed by atoms with Crippen LogP contribution >= 0.6 is 0 Å². The van der Waals surface area contributed by atoms with E-state index >= 15 is 0 Å². The summed E-state index contributed by atoms with van der Waals surface area (Å²) >= 11 is 0. The highest BCUT2D eigenvalue weighted by Crippen LogP contribution is 2.57. The van der Waals surface area contributed by atoms with E-state index in [1.165, 1.54) is 94.3 Å². The number of anilines is 2. The Labute approximate surface area is 374 Å². The summed E-state index contributed by atoms with van der Waals surface area (Å²) in [5.41, 5.74) is 1.81. The number of carbonyl (C=O) groups is 3. The number of carbonyl (C=O) groups excluding carboxylic acids is 3. The molecule has 5 aromatic carbocycles. The van der Waals surface area contributed by atoms with Crippen LogP contribution in [0.15, 0.2) is 118 Å². The number of phenols is 2. The van der Waals surface area contributed by atoms with Crippen molar-refractivity contribution in [2.75, 3.05) is 18.4 Å². The number of para-hydroxylation sites is 1. The lowest BCUT2D eigenvalue weighted by molar-refractivity contribution is -0.137. The van der Waals surface area contributed by atoms with E-state index in [1.54, 1.807) is 48.5 Å². The number of unbranched alkanes of at least 4 members (excludes halogenated alkanes) is 8. The van der Waals surface area contributed by atoms with Gasteiger partial charge in [0, 0.05) is 57.9 Å². The van der Waals surface area contributed by atoms with Crippen LogP contribution in [-0.4, -0.2) is 46.8 Å². The van der Waals surface area contributed by atoms with Crippen LogP contribution in [0.5, 0.6) is 23.0 Å². The summed E-state index contributed by atoms with van der Waals surface area (Å²) in [4.78, 5) is 36.6. The molecule has 13 nitrogen and oxygen atoms in total.